The van der Waals surface area contributed by atoms with Gasteiger partial charge in [0.25, 0.3) is 0 Å². The lowest BCUT2D eigenvalue weighted by Crippen LogP contribution is -2.35. The van der Waals surface area contributed by atoms with Gasteiger partial charge in [0.2, 0.25) is 0 Å². The minimum Gasteiger partial charge on any atom is -0.457 e. The van der Waals surface area contributed by atoms with Gasteiger partial charge >= 0.3 is 0 Å². The van der Waals surface area contributed by atoms with Crippen LogP contribution in [0.4, 0.5) is 0 Å². The van der Waals surface area contributed by atoms with E-state index in [0.29, 0.717) is 13.1 Å². The van der Waals surface area contributed by atoms with Gasteiger partial charge in [-0.25, -0.2) is 0 Å². The first-order valence-corrected chi connectivity index (χ1v) is 13.7. The Morgan fingerprint density at radius 1 is 0.605 bits per heavy atom. The smallest absolute Gasteiger partial charge is 0.182 e. The number of aliphatic hydroxyl groups is 2. The van der Waals surface area contributed by atoms with E-state index in [1.165, 1.54) is 36.4 Å². The molecule has 0 heterocycles. The quantitative estimate of drug-likeness (QED) is 0.131. The number of aliphatic hydroxyl groups excluding tert-OH is 2. The van der Waals surface area contributed by atoms with E-state index in [1.807, 2.05) is 0 Å². The van der Waals surface area contributed by atoms with Crippen LogP contribution in [0.2, 0.25) is 0 Å². The molecule has 0 saturated carbocycles. The Bertz CT molecular complexity index is 1320. The molecule has 43 heavy (non-hydrogen) atoms. The Hall–Kier alpha value is -3.98. The Labute approximate surface area is 246 Å². The van der Waals surface area contributed by atoms with Crippen LogP contribution in [-0.4, -0.2) is 111 Å². The van der Waals surface area contributed by atoms with Gasteiger partial charge in [0.15, 0.2) is 34.7 Å². The molecule has 13 heteroatoms. The average molecular weight is 597 g/mol. The van der Waals surface area contributed by atoms with Crippen LogP contribution in [-0.2, 0) is 19.1 Å². The third kappa shape index (κ3) is 7.33. The number of nitrogens with one attached hydrogen (secondary N) is 2. The van der Waals surface area contributed by atoms with Crippen molar-refractivity contribution in [2.75, 3.05) is 65.8 Å². The summed E-state index contributed by atoms with van der Waals surface area (Å²) in [6.07, 6.45) is 0. The van der Waals surface area contributed by atoms with Crippen LogP contribution < -0.4 is 15.4 Å². The number of ether oxygens (including phenoxy) is 3. The lowest BCUT2D eigenvalue weighted by Gasteiger charge is -2.08. The van der Waals surface area contributed by atoms with Gasteiger partial charge in [-0.1, -0.05) is 0 Å². The van der Waals surface area contributed by atoms with Crippen molar-refractivity contribution in [3.63, 3.8) is 0 Å². The minimum absolute atomic E-state index is 0.0412. The summed E-state index contributed by atoms with van der Waals surface area (Å²) in [4.78, 5) is 76.9. The first kappa shape index (κ1) is 31.9. The molecule has 0 amide bonds. The van der Waals surface area contributed by atoms with Crippen molar-refractivity contribution in [2.45, 2.75) is 0 Å². The molecule has 4 rings (SSSR count). The molecule has 0 fully saturated rings. The summed E-state index contributed by atoms with van der Waals surface area (Å²) < 4.78 is 16.0. The summed E-state index contributed by atoms with van der Waals surface area (Å²) in [5.41, 5.74) is 0.289. The molecule has 2 aliphatic rings. The minimum atomic E-state index is -1.46. The maximum atomic E-state index is 13.0. The topological polar surface area (TPSA) is 195 Å². The van der Waals surface area contributed by atoms with E-state index in [2.05, 4.69) is 10.6 Å². The van der Waals surface area contributed by atoms with Crippen LogP contribution in [0, 0.1) is 11.8 Å². The summed E-state index contributed by atoms with van der Waals surface area (Å²) in [6.45, 7) is 0.771. The molecule has 4 N–H and O–H groups in total. The van der Waals surface area contributed by atoms with E-state index in [1.54, 1.807) is 0 Å². The SMILES string of the molecule is O=C(CNCCOCCO)C1C(=O)c2ccc(Oc3ccc4c(c3)C(=O)C(C(=O)CNCCOCCO)C4=O)cc2C1=O. The summed E-state index contributed by atoms with van der Waals surface area (Å²) in [5.74, 6) is -6.21. The number of benzene rings is 2. The second kappa shape index (κ2) is 15.0. The normalized spacial score (nSPS) is 17.3. The first-order chi connectivity index (χ1) is 20.8. The molecule has 2 aromatic rings. The number of fused-ring (bicyclic) bond motifs is 2. The number of hydrogen-bond donors (Lipinski definition) is 4. The van der Waals surface area contributed by atoms with Gasteiger partial charge in [-0.05, 0) is 36.4 Å². The maximum absolute atomic E-state index is 13.0. The zero-order valence-electron chi connectivity index (χ0n) is 23.3. The third-order valence-electron chi connectivity index (χ3n) is 6.89. The summed E-state index contributed by atoms with van der Waals surface area (Å²) in [5, 5.41) is 23.0. The highest BCUT2D eigenvalue weighted by Gasteiger charge is 2.44. The molecule has 13 nitrogen and oxygen atoms in total. The van der Waals surface area contributed by atoms with Crippen molar-refractivity contribution < 1.29 is 53.2 Å². The lowest BCUT2D eigenvalue weighted by molar-refractivity contribution is -0.120. The molecule has 0 bridgehead atoms. The van der Waals surface area contributed by atoms with Crippen molar-refractivity contribution >= 4 is 34.7 Å². The highest BCUT2D eigenvalue weighted by Crippen LogP contribution is 2.35. The molecular weight excluding hydrogens is 564 g/mol. The predicted molar refractivity (Wildman–Crippen MR) is 149 cm³/mol. The van der Waals surface area contributed by atoms with Gasteiger partial charge in [0, 0.05) is 35.3 Å². The van der Waals surface area contributed by atoms with Crippen molar-refractivity contribution in [2.24, 2.45) is 11.8 Å². The second-order valence-corrected chi connectivity index (χ2v) is 9.80. The van der Waals surface area contributed by atoms with Gasteiger partial charge in [0.05, 0.1) is 52.7 Å². The van der Waals surface area contributed by atoms with Crippen molar-refractivity contribution in [3.05, 3.63) is 58.7 Å². The van der Waals surface area contributed by atoms with Crippen LogP contribution >= 0.6 is 0 Å². The number of hydrogen-bond acceptors (Lipinski definition) is 13. The van der Waals surface area contributed by atoms with E-state index < -0.39 is 46.5 Å². The zero-order valence-corrected chi connectivity index (χ0v) is 23.3. The van der Waals surface area contributed by atoms with E-state index in [9.17, 15) is 28.8 Å². The average Bonchev–Trinajstić information content (AvgIpc) is 3.39. The van der Waals surface area contributed by atoms with Gasteiger partial charge in [-0.3, -0.25) is 28.8 Å². The molecule has 2 unspecified atom stereocenters. The first-order valence-electron chi connectivity index (χ1n) is 13.7. The van der Waals surface area contributed by atoms with Crippen molar-refractivity contribution in [3.8, 4) is 11.5 Å². The van der Waals surface area contributed by atoms with E-state index >= 15 is 0 Å². The molecule has 228 valence electrons. The number of carbonyl (C=O) groups is 6. The second-order valence-electron chi connectivity index (χ2n) is 9.80. The molecule has 2 aliphatic carbocycles. The van der Waals surface area contributed by atoms with Crippen LogP contribution in [0.1, 0.15) is 41.4 Å². The monoisotopic (exact) mass is 596 g/mol. The Morgan fingerprint density at radius 3 is 1.40 bits per heavy atom. The fourth-order valence-corrected chi connectivity index (χ4v) is 4.84. The van der Waals surface area contributed by atoms with Gasteiger partial charge < -0.3 is 35.1 Å². The lowest BCUT2D eigenvalue weighted by atomic mass is 9.98. The fourth-order valence-electron chi connectivity index (χ4n) is 4.84. The van der Waals surface area contributed by atoms with Crippen LogP contribution in [0.5, 0.6) is 11.5 Å². The molecule has 0 radical (unpaired) electrons. The van der Waals surface area contributed by atoms with Gasteiger partial charge in [-0.15, -0.1) is 0 Å². The van der Waals surface area contributed by atoms with Gasteiger partial charge in [0.1, 0.15) is 23.3 Å². The van der Waals surface area contributed by atoms with E-state index in [4.69, 9.17) is 24.4 Å². The summed E-state index contributed by atoms with van der Waals surface area (Å²) in [6, 6.07) is 8.40. The predicted octanol–water partition coefficient (Wildman–Crippen LogP) is -0.195. The van der Waals surface area contributed by atoms with E-state index in [0.717, 1.165) is 0 Å². The molecule has 0 spiro atoms. The molecule has 2 atom stereocenters. The highest BCUT2D eigenvalue weighted by molar-refractivity contribution is 6.36. The number of carbonyl (C=O) groups excluding carboxylic acids is 6. The maximum Gasteiger partial charge on any atom is 0.182 e. The Kier molecular flexibility index (Phi) is 11.1. The zero-order chi connectivity index (χ0) is 30.9. The Balaban J connectivity index is 1.37. The highest BCUT2D eigenvalue weighted by atomic mass is 16.5. The Morgan fingerprint density at radius 2 is 1.00 bits per heavy atom. The number of rotatable bonds is 18. The van der Waals surface area contributed by atoms with Crippen molar-refractivity contribution in [1.29, 1.82) is 0 Å². The summed E-state index contributed by atoms with van der Waals surface area (Å²) >= 11 is 0. The van der Waals surface area contributed by atoms with E-state index in [-0.39, 0.29) is 86.5 Å². The molecule has 2 aromatic carbocycles. The number of ketones is 6. The standard InChI is InChI=1S/C30H32N2O11/c33-7-11-41-9-5-31-15-23(35)25-27(37)19-3-1-17(13-21(19)29(25)39)43-18-2-4-20-22(14-18)30(40)26(28(20)38)24(36)16-32-6-10-42-12-8-34/h1-4,13-14,25-26,31-34H,5-12,15-16H2. The van der Waals surface area contributed by atoms with Crippen LogP contribution in [0.25, 0.3) is 0 Å². The van der Waals surface area contributed by atoms with Crippen molar-refractivity contribution in [1.82, 2.24) is 10.6 Å². The summed E-state index contributed by atoms with van der Waals surface area (Å²) in [7, 11) is 0. The number of Topliss-reactive ketones (excluding diaryl/α,β-unsaturated/α-hetero) is 6. The van der Waals surface area contributed by atoms with Crippen LogP contribution in [0.3, 0.4) is 0 Å². The molecular formula is C30H32N2O11. The van der Waals surface area contributed by atoms with Gasteiger partial charge in [-0.2, -0.15) is 0 Å². The molecule has 0 saturated heterocycles. The fraction of sp³-hybridized carbons (Fsp3) is 0.400. The largest absolute Gasteiger partial charge is 0.457 e. The molecule has 0 aromatic heterocycles. The van der Waals surface area contributed by atoms with Crippen LogP contribution in [0.15, 0.2) is 36.4 Å². The third-order valence-corrected chi connectivity index (χ3v) is 6.89. The molecule has 0 aliphatic heterocycles.